The van der Waals surface area contributed by atoms with Crippen molar-refractivity contribution < 1.29 is 0 Å². The Labute approximate surface area is 81.4 Å². The van der Waals surface area contributed by atoms with Gasteiger partial charge in [0.1, 0.15) is 5.52 Å². The smallest absolute Gasteiger partial charge is 0.272 e. The maximum atomic E-state index is 11.7. The third-order valence-corrected chi connectivity index (χ3v) is 2.78. The van der Waals surface area contributed by atoms with Gasteiger partial charge in [0, 0.05) is 23.3 Å². The largest absolute Gasteiger partial charge is 0.340 e. The Morgan fingerprint density at radius 3 is 3.00 bits per heavy atom. The number of pyridine rings is 1. The van der Waals surface area contributed by atoms with Crippen molar-refractivity contribution in [1.82, 2.24) is 9.55 Å². The Kier molecular flexibility index (Phi) is 1.40. The van der Waals surface area contributed by atoms with Crippen LogP contribution in [0.15, 0.2) is 23.1 Å². The fraction of sp³-hybridized carbons (Fsp3) is 0.364. The molecule has 0 atom stereocenters. The summed E-state index contributed by atoms with van der Waals surface area (Å²) in [5.74, 6) is 0. The molecule has 3 heteroatoms. The molecular formula is C11H12N2O. The number of nitrogens with zero attached hydrogens (tertiary/aromatic N) is 1. The zero-order valence-electron chi connectivity index (χ0n) is 8.08. The van der Waals surface area contributed by atoms with Crippen LogP contribution in [0.25, 0.3) is 10.9 Å². The van der Waals surface area contributed by atoms with E-state index >= 15 is 0 Å². The van der Waals surface area contributed by atoms with E-state index in [2.05, 4.69) is 9.55 Å². The Balaban J connectivity index is 2.39. The van der Waals surface area contributed by atoms with E-state index < -0.39 is 0 Å². The summed E-state index contributed by atoms with van der Waals surface area (Å²) < 4.78 is 2.10. The van der Waals surface area contributed by atoms with Crippen LogP contribution in [-0.4, -0.2) is 9.55 Å². The van der Waals surface area contributed by atoms with Gasteiger partial charge in [-0.05, 0) is 31.9 Å². The van der Waals surface area contributed by atoms with Crippen LogP contribution < -0.4 is 5.56 Å². The summed E-state index contributed by atoms with van der Waals surface area (Å²) in [5.41, 5.74) is 1.80. The maximum Gasteiger partial charge on any atom is 0.272 e. The van der Waals surface area contributed by atoms with Crippen LogP contribution in [0.2, 0.25) is 0 Å². The van der Waals surface area contributed by atoms with Crippen LogP contribution in [-0.2, 0) is 0 Å². The molecule has 1 aliphatic carbocycles. The van der Waals surface area contributed by atoms with E-state index in [-0.39, 0.29) is 5.56 Å². The van der Waals surface area contributed by atoms with E-state index in [1.807, 2.05) is 25.3 Å². The van der Waals surface area contributed by atoms with E-state index in [0.717, 1.165) is 16.6 Å². The van der Waals surface area contributed by atoms with Crippen molar-refractivity contribution in [2.24, 2.45) is 0 Å². The van der Waals surface area contributed by atoms with Crippen molar-refractivity contribution in [3.05, 3.63) is 34.4 Å². The van der Waals surface area contributed by atoms with Gasteiger partial charge in [-0.2, -0.15) is 0 Å². The van der Waals surface area contributed by atoms with Gasteiger partial charge in [0.2, 0.25) is 0 Å². The molecule has 72 valence electrons. The molecule has 0 unspecified atom stereocenters. The number of aromatic amines is 1. The Bertz CT molecular complexity index is 546. The van der Waals surface area contributed by atoms with Crippen molar-refractivity contribution in [2.45, 2.75) is 25.8 Å². The standard InChI is InChI=1S/C11H12N2O/c1-7-6-8-4-5-13(9-2-3-9)10(8)11(14)12-7/h4-6,9H,2-3H2,1H3,(H,12,14). The minimum absolute atomic E-state index is 0.0388. The van der Waals surface area contributed by atoms with E-state index in [0.29, 0.717) is 6.04 Å². The molecule has 1 aliphatic rings. The maximum absolute atomic E-state index is 11.7. The first-order valence-corrected chi connectivity index (χ1v) is 4.96. The fourth-order valence-electron chi connectivity index (χ4n) is 1.99. The van der Waals surface area contributed by atoms with Crippen molar-refractivity contribution >= 4 is 10.9 Å². The summed E-state index contributed by atoms with van der Waals surface area (Å²) in [4.78, 5) is 14.6. The second-order valence-electron chi connectivity index (χ2n) is 4.04. The van der Waals surface area contributed by atoms with Crippen molar-refractivity contribution in [2.75, 3.05) is 0 Å². The molecule has 1 saturated carbocycles. The van der Waals surface area contributed by atoms with Gasteiger partial charge in [-0.25, -0.2) is 0 Å². The molecule has 14 heavy (non-hydrogen) atoms. The highest BCUT2D eigenvalue weighted by molar-refractivity contribution is 5.79. The molecule has 2 heterocycles. The molecule has 0 amide bonds. The molecule has 0 aliphatic heterocycles. The molecule has 2 aromatic rings. The predicted molar refractivity (Wildman–Crippen MR) is 55.6 cm³/mol. The highest BCUT2D eigenvalue weighted by Crippen LogP contribution is 2.36. The van der Waals surface area contributed by atoms with E-state index in [4.69, 9.17) is 0 Å². The molecule has 0 aromatic carbocycles. The quantitative estimate of drug-likeness (QED) is 0.730. The third kappa shape index (κ3) is 1.02. The van der Waals surface area contributed by atoms with Crippen molar-refractivity contribution in [3.63, 3.8) is 0 Å². The average Bonchev–Trinajstić information content (AvgIpc) is 2.87. The molecule has 1 fully saturated rings. The number of H-pyrrole nitrogens is 1. The summed E-state index contributed by atoms with van der Waals surface area (Å²) >= 11 is 0. The van der Waals surface area contributed by atoms with Crippen LogP contribution in [0.3, 0.4) is 0 Å². The Hall–Kier alpha value is -1.51. The number of aromatic nitrogens is 2. The number of aryl methyl sites for hydroxylation is 1. The minimum atomic E-state index is 0.0388. The lowest BCUT2D eigenvalue weighted by Crippen LogP contribution is -2.11. The van der Waals surface area contributed by atoms with Gasteiger partial charge in [-0.15, -0.1) is 0 Å². The average molecular weight is 188 g/mol. The topological polar surface area (TPSA) is 37.8 Å². The third-order valence-electron chi connectivity index (χ3n) is 2.78. The molecule has 0 spiro atoms. The van der Waals surface area contributed by atoms with Crippen LogP contribution in [0.5, 0.6) is 0 Å². The van der Waals surface area contributed by atoms with Gasteiger partial charge in [-0.1, -0.05) is 0 Å². The number of rotatable bonds is 1. The van der Waals surface area contributed by atoms with Gasteiger partial charge in [0.15, 0.2) is 0 Å². The van der Waals surface area contributed by atoms with Crippen LogP contribution in [0.4, 0.5) is 0 Å². The second-order valence-corrected chi connectivity index (χ2v) is 4.04. The van der Waals surface area contributed by atoms with Crippen LogP contribution >= 0.6 is 0 Å². The number of nitrogens with one attached hydrogen (secondary N) is 1. The SMILES string of the molecule is Cc1cc2ccn(C3CC3)c2c(=O)[nH]1. The first-order chi connectivity index (χ1) is 6.75. The lowest BCUT2D eigenvalue weighted by Gasteiger charge is -2.01. The minimum Gasteiger partial charge on any atom is -0.340 e. The van der Waals surface area contributed by atoms with Gasteiger partial charge < -0.3 is 9.55 Å². The van der Waals surface area contributed by atoms with Gasteiger partial charge in [0.25, 0.3) is 5.56 Å². The predicted octanol–water partition coefficient (Wildman–Crippen LogP) is 1.97. The van der Waals surface area contributed by atoms with Gasteiger partial charge >= 0.3 is 0 Å². The second kappa shape index (κ2) is 2.50. The zero-order valence-corrected chi connectivity index (χ0v) is 8.08. The van der Waals surface area contributed by atoms with Crippen LogP contribution in [0.1, 0.15) is 24.6 Å². The summed E-state index contributed by atoms with van der Waals surface area (Å²) in [5, 5.41) is 1.05. The Morgan fingerprint density at radius 2 is 2.29 bits per heavy atom. The van der Waals surface area contributed by atoms with Crippen molar-refractivity contribution in [3.8, 4) is 0 Å². The molecule has 3 rings (SSSR count). The molecular weight excluding hydrogens is 176 g/mol. The molecule has 0 radical (unpaired) electrons. The number of hydrogen-bond donors (Lipinski definition) is 1. The number of fused-ring (bicyclic) bond motifs is 1. The molecule has 3 nitrogen and oxygen atoms in total. The fourth-order valence-corrected chi connectivity index (χ4v) is 1.99. The van der Waals surface area contributed by atoms with Crippen LogP contribution in [0, 0.1) is 6.92 Å². The normalized spacial score (nSPS) is 16.4. The Morgan fingerprint density at radius 1 is 1.50 bits per heavy atom. The lowest BCUT2D eigenvalue weighted by molar-refractivity contribution is 0.771. The van der Waals surface area contributed by atoms with E-state index in [1.54, 1.807) is 0 Å². The monoisotopic (exact) mass is 188 g/mol. The van der Waals surface area contributed by atoms with Crippen molar-refractivity contribution in [1.29, 1.82) is 0 Å². The first-order valence-electron chi connectivity index (χ1n) is 4.96. The van der Waals surface area contributed by atoms with E-state index in [1.165, 1.54) is 12.8 Å². The highest BCUT2D eigenvalue weighted by atomic mass is 16.1. The summed E-state index contributed by atoms with van der Waals surface area (Å²) in [6.07, 6.45) is 4.44. The van der Waals surface area contributed by atoms with Gasteiger partial charge in [0.05, 0.1) is 0 Å². The van der Waals surface area contributed by atoms with Gasteiger partial charge in [-0.3, -0.25) is 4.79 Å². The summed E-state index contributed by atoms with van der Waals surface area (Å²) in [7, 11) is 0. The first kappa shape index (κ1) is 7.85. The molecule has 2 aromatic heterocycles. The lowest BCUT2D eigenvalue weighted by atomic mass is 10.3. The summed E-state index contributed by atoms with van der Waals surface area (Å²) in [6, 6.07) is 4.61. The molecule has 0 saturated heterocycles. The zero-order chi connectivity index (χ0) is 9.71. The molecule has 0 bridgehead atoms. The molecule has 1 N–H and O–H groups in total. The van der Waals surface area contributed by atoms with E-state index in [9.17, 15) is 4.79 Å². The highest BCUT2D eigenvalue weighted by Gasteiger charge is 2.25. The number of hydrogen-bond acceptors (Lipinski definition) is 1. The summed E-state index contributed by atoms with van der Waals surface area (Å²) in [6.45, 7) is 1.91.